The highest BCUT2D eigenvalue weighted by molar-refractivity contribution is 7.13. The number of rotatable bonds is 1. The summed E-state index contributed by atoms with van der Waals surface area (Å²) >= 11 is 0. The molecule has 1 aliphatic heterocycles. The number of carbonyl (C=O) groups is 1. The minimum Gasteiger partial charge on any atom is -0.444 e. The monoisotopic (exact) mass is 233 g/mol. The predicted molar refractivity (Wildman–Crippen MR) is 62.4 cm³/mol. The van der Waals surface area contributed by atoms with Crippen LogP contribution in [-0.2, 0) is 4.74 Å². The second-order valence-corrected chi connectivity index (χ2v) is 5.16. The zero-order valence-electron chi connectivity index (χ0n) is 9.49. The van der Waals surface area contributed by atoms with Crippen molar-refractivity contribution in [1.29, 1.82) is 0 Å². The molecular weight excluding hydrogens is 213 g/mol. The lowest BCUT2D eigenvalue weighted by atomic mass is 10.2. The molecule has 0 aromatic rings. The molecule has 3 N–H and O–H groups in total. The first kappa shape index (κ1) is 12.7. The first-order chi connectivity index (χ1) is 6.83. The van der Waals surface area contributed by atoms with E-state index in [1.54, 1.807) is 4.90 Å². The van der Waals surface area contributed by atoms with Crippen molar-refractivity contribution in [2.75, 3.05) is 13.1 Å². The van der Waals surface area contributed by atoms with Gasteiger partial charge in [-0.2, -0.15) is 0 Å². The average Bonchev–Trinajstić information content (AvgIpc) is 2.43. The number of amides is 1. The van der Waals surface area contributed by atoms with Crippen molar-refractivity contribution >= 4 is 15.5 Å². The first-order valence-electron chi connectivity index (χ1n) is 5.03. The fourth-order valence-corrected chi connectivity index (χ4v) is 1.83. The summed E-state index contributed by atoms with van der Waals surface area (Å²) in [6, 6.07) is 0.0949. The van der Waals surface area contributed by atoms with Gasteiger partial charge in [-0.1, -0.05) is 9.39 Å². The number of hydrogen-bond acceptors (Lipinski definition) is 4. The standard InChI is InChI=1S/C9H20N3O2P/c1-9(2,3)14-8(13)12-4-6(10)7(5-12)11-15/h6-7,11H,4-5,10,15H2,1-3H3/t6-,7+/m1/s1. The molecular formula is C9H20N3O2P. The molecule has 1 unspecified atom stereocenters. The van der Waals surface area contributed by atoms with E-state index in [4.69, 9.17) is 10.5 Å². The van der Waals surface area contributed by atoms with Gasteiger partial charge in [0.1, 0.15) is 5.60 Å². The molecule has 88 valence electrons. The smallest absolute Gasteiger partial charge is 0.410 e. The molecule has 1 saturated heterocycles. The van der Waals surface area contributed by atoms with Crippen molar-refractivity contribution in [3.05, 3.63) is 0 Å². The van der Waals surface area contributed by atoms with Crippen molar-refractivity contribution in [2.24, 2.45) is 5.73 Å². The van der Waals surface area contributed by atoms with Gasteiger partial charge in [0.15, 0.2) is 0 Å². The molecule has 1 aliphatic rings. The van der Waals surface area contributed by atoms with Gasteiger partial charge in [0, 0.05) is 25.2 Å². The lowest BCUT2D eigenvalue weighted by Crippen LogP contribution is -2.39. The van der Waals surface area contributed by atoms with E-state index in [-0.39, 0.29) is 18.2 Å². The Kier molecular flexibility index (Phi) is 3.93. The van der Waals surface area contributed by atoms with Crippen LogP contribution in [0.2, 0.25) is 0 Å². The summed E-state index contributed by atoms with van der Waals surface area (Å²) in [5.74, 6) is 0. The van der Waals surface area contributed by atoms with Gasteiger partial charge in [0.2, 0.25) is 0 Å². The van der Waals surface area contributed by atoms with Crippen LogP contribution in [0, 0.1) is 0 Å². The van der Waals surface area contributed by atoms with Crippen LogP contribution in [-0.4, -0.2) is 41.8 Å². The second kappa shape index (κ2) is 4.64. The van der Waals surface area contributed by atoms with Crippen LogP contribution in [0.15, 0.2) is 0 Å². The average molecular weight is 233 g/mol. The van der Waals surface area contributed by atoms with Gasteiger partial charge < -0.3 is 15.4 Å². The number of nitrogens with one attached hydrogen (secondary N) is 1. The molecule has 0 aliphatic carbocycles. The molecule has 0 aromatic heterocycles. The third-order valence-electron chi connectivity index (χ3n) is 2.23. The van der Waals surface area contributed by atoms with Gasteiger partial charge in [-0.15, -0.1) is 0 Å². The number of carbonyl (C=O) groups excluding carboxylic acids is 1. The van der Waals surface area contributed by atoms with E-state index in [1.165, 1.54) is 0 Å². The second-order valence-electron chi connectivity index (χ2n) is 4.82. The molecule has 0 bridgehead atoms. The molecule has 1 fully saturated rings. The largest absolute Gasteiger partial charge is 0.444 e. The third kappa shape index (κ3) is 3.59. The van der Waals surface area contributed by atoms with Crippen molar-refractivity contribution < 1.29 is 9.53 Å². The van der Waals surface area contributed by atoms with Crippen LogP contribution in [0.3, 0.4) is 0 Å². The molecule has 15 heavy (non-hydrogen) atoms. The zero-order valence-corrected chi connectivity index (χ0v) is 10.6. The van der Waals surface area contributed by atoms with E-state index in [0.717, 1.165) is 0 Å². The maximum absolute atomic E-state index is 11.7. The van der Waals surface area contributed by atoms with Gasteiger partial charge >= 0.3 is 6.09 Å². The summed E-state index contributed by atoms with van der Waals surface area (Å²) < 4.78 is 5.26. The lowest BCUT2D eigenvalue weighted by Gasteiger charge is -2.24. The molecule has 1 rings (SSSR count). The van der Waals surface area contributed by atoms with Gasteiger partial charge in [0.25, 0.3) is 0 Å². The van der Waals surface area contributed by atoms with Gasteiger partial charge in [-0.05, 0) is 20.8 Å². The van der Waals surface area contributed by atoms with E-state index < -0.39 is 5.60 Å². The molecule has 6 heteroatoms. The quantitative estimate of drug-likeness (QED) is 0.640. The molecule has 1 amide bonds. The Hall–Kier alpha value is -0.380. The third-order valence-corrected chi connectivity index (χ3v) is 2.66. The summed E-state index contributed by atoms with van der Waals surface area (Å²) in [5, 5.41) is 3.00. The SMILES string of the molecule is CC(C)(C)OC(=O)N1C[C@@H](N)[C@@H](NP)C1. The Morgan fingerprint density at radius 2 is 2.13 bits per heavy atom. The summed E-state index contributed by atoms with van der Waals surface area (Å²) in [6.45, 7) is 6.70. The topological polar surface area (TPSA) is 67.6 Å². The maximum Gasteiger partial charge on any atom is 0.410 e. The first-order valence-corrected chi connectivity index (χ1v) is 5.61. The van der Waals surface area contributed by atoms with Gasteiger partial charge in [0.05, 0.1) is 0 Å². The Labute approximate surface area is 93.0 Å². The Bertz CT molecular complexity index is 242. The van der Waals surface area contributed by atoms with Crippen molar-refractivity contribution in [1.82, 2.24) is 9.99 Å². The summed E-state index contributed by atoms with van der Waals surface area (Å²) in [5.41, 5.74) is 5.41. The summed E-state index contributed by atoms with van der Waals surface area (Å²) in [7, 11) is 2.43. The van der Waals surface area contributed by atoms with Crippen molar-refractivity contribution in [3.8, 4) is 0 Å². The number of nitrogens with two attached hydrogens (primary N) is 1. The van der Waals surface area contributed by atoms with Crippen LogP contribution >= 0.6 is 9.39 Å². The van der Waals surface area contributed by atoms with Gasteiger partial charge in [-0.3, -0.25) is 5.09 Å². The van der Waals surface area contributed by atoms with Crippen LogP contribution in [0.25, 0.3) is 0 Å². The highest BCUT2D eigenvalue weighted by atomic mass is 31.0. The Morgan fingerprint density at radius 1 is 1.53 bits per heavy atom. The van der Waals surface area contributed by atoms with Crippen molar-refractivity contribution in [3.63, 3.8) is 0 Å². The fourth-order valence-electron chi connectivity index (χ4n) is 1.48. The number of ether oxygens (including phenoxy) is 1. The Balaban J connectivity index is 2.50. The minimum atomic E-state index is -0.451. The molecule has 1 heterocycles. The highest BCUT2D eigenvalue weighted by Gasteiger charge is 2.34. The van der Waals surface area contributed by atoms with E-state index in [2.05, 4.69) is 14.5 Å². The molecule has 3 atom stereocenters. The number of nitrogens with zero attached hydrogens (tertiary/aromatic N) is 1. The number of hydrogen-bond donors (Lipinski definition) is 2. The molecule has 0 radical (unpaired) electrons. The molecule has 5 nitrogen and oxygen atoms in total. The minimum absolute atomic E-state index is 0.0324. The number of likely N-dealkylation sites (tertiary alicyclic amines) is 1. The van der Waals surface area contributed by atoms with Gasteiger partial charge in [-0.25, -0.2) is 4.79 Å². The van der Waals surface area contributed by atoms with E-state index in [0.29, 0.717) is 13.1 Å². The highest BCUT2D eigenvalue weighted by Crippen LogP contribution is 2.15. The van der Waals surface area contributed by atoms with Crippen molar-refractivity contribution in [2.45, 2.75) is 38.5 Å². The zero-order chi connectivity index (χ0) is 11.6. The van der Waals surface area contributed by atoms with E-state index in [9.17, 15) is 4.79 Å². The normalized spacial score (nSPS) is 26.9. The van der Waals surface area contributed by atoms with E-state index >= 15 is 0 Å². The van der Waals surface area contributed by atoms with Crippen LogP contribution in [0.1, 0.15) is 20.8 Å². The van der Waals surface area contributed by atoms with Crippen LogP contribution in [0.4, 0.5) is 4.79 Å². The van der Waals surface area contributed by atoms with E-state index in [1.807, 2.05) is 20.8 Å². The molecule has 0 aromatic carbocycles. The summed E-state index contributed by atoms with van der Waals surface area (Å²) in [4.78, 5) is 13.3. The summed E-state index contributed by atoms with van der Waals surface area (Å²) in [6.07, 6.45) is -0.291. The maximum atomic E-state index is 11.7. The molecule has 0 spiro atoms. The Morgan fingerprint density at radius 3 is 2.53 bits per heavy atom. The fraction of sp³-hybridized carbons (Fsp3) is 0.889. The molecule has 0 saturated carbocycles. The lowest BCUT2D eigenvalue weighted by molar-refractivity contribution is 0.0290. The predicted octanol–water partition coefficient (Wildman–Crippen LogP) is 0.313. The van der Waals surface area contributed by atoms with Crippen LogP contribution in [0.5, 0.6) is 0 Å². The van der Waals surface area contributed by atoms with Crippen LogP contribution < -0.4 is 10.8 Å².